The predicted molar refractivity (Wildman–Crippen MR) is 136 cm³/mol. The number of aromatic nitrogens is 3. The lowest BCUT2D eigenvalue weighted by molar-refractivity contribution is 0.440. The van der Waals surface area contributed by atoms with Gasteiger partial charge in [-0.1, -0.05) is 66.7 Å². The van der Waals surface area contributed by atoms with Crippen molar-refractivity contribution in [1.29, 1.82) is 0 Å². The van der Waals surface area contributed by atoms with Gasteiger partial charge in [0.25, 0.3) is 0 Å². The lowest BCUT2D eigenvalue weighted by Crippen LogP contribution is -2.17. The predicted octanol–water partition coefficient (Wildman–Crippen LogP) is 3.93. The Hall–Kier alpha value is -3.29. The third-order valence-electron chi connectivity index (χ3n) is 5.35. The molecule has 9 nitrogen and oxygen atoms in total. The van der Waals surface area contributed by atoms with Crippen LogP contribution in [-0.2, 0) is 33.4 Å². The summed E-state index contributed by atoms with van der Waals surface area (Å²) in [7, 11) is -3.90. The Morgan fingerprint density at radius 2 is 1.69 bits per heavy atom. The van der Waals surface area contributed by atoms with Gasteiger partial charge in [-0.05, 0) is 28.8 Å². The fourth-order valence-electron chi connectivity index (χ4n) is 3.73. The minimum Gasteiger partial charge on any atom is -0.760 e. The maximum atomic E-state index is 13.7. The number of rotatable bonds is 9. The third-order valence-corrected chi connectivity index (χ3v) is 8.85. The maximum absolute atomic E-state index is 13.7. The van der Waals surface area contributed by atoms with Gasteiger partial charge >= 0.3 is 0 Å². The number of thiazole rings is 1. The molecule has 2 heterocycles. The molecule has 12 heteroatoms. The second-order valence-corrected chi connectivity index (χ2v) is 11.8. The van der Waals surface area contributed by atoms with Crippen molar-refractivity contribution >= 4 is 42.7 Å². The van der Waals surface area contributed by atoms with Crippen molar-refractivity contribution in [2.75, 3.05) is 0 Å². The molecule has 0 aliphatic heterocycles. The molecule has 2 aromatic heterocycles. The number of hydrogen-bond acceptors (Lipinski definition) is 9. The lowest BCUT2D eigenvalue weighted by Gasteiger charge is -2.12. The van der Waals surface area contributed by atoms with Gasteiger partial charge in [0.15, 0.2) is 15.1 Å². The standard InChI is InChI=1S/C24H20N4O5S3/c29-35(30)25-14-21-27-28-23(33-21)22(36(31,32)15-16-7-3-1-4-8-16)24-26-19-12-11-18(13-20(19)34-24)17-9-5-2-6-10-17/h1-13,22,25H,14-15H2,(H,29,30)/p-1. The number of hydrogen-bond donors (Lipinski definition) is 1. The average molecular weight is 540 g/mol. The van der Waals surface area contributed by atoms with E-state index in [2.05, 4.69) is 19.9 Å². The van der Waals surface area contributed by atoms with Gasteiger partial charge in [-0.3, -0.25) is 4.21 Å². The summed E-state index contributed by atoms with van der Waals surface area (Å²) in [6.07, 6.45) is 0. The number of fused-ring (bicyclic) bond motifs is 1. The summed E-state index contributed by atoms with van der Waals surface area (Å²) in [5.74, 6) is -0.479. The van der Waals surface area contributed by atoms with Crippen LogP contribution in [0, 0.1) is 0 Å². The van der Waals surface area contributed by atoms with Crippen molar-refractivity contribution in [3.05, 3.63) is 101 Å². The maximum Gasteiger partial charge on any atom is 0.241 e. The molecular formula is C24H19N4O5S3-. The largest absolute Gasteiger partial charge is 0.760 e. The summed E-state index contributed by atoms with van der Waals surface area (Å²) in [6, 6.07) is 24.4. The number of sulfone groups is 1. The highest BCUT2D eigenvalue weighted by atomic mass is 32.2. The smallest absolute Gasteiger partial charge is 0.241 e. The highest BCUT2D eigenvalue weighted by Crippen LogP contribution is 2.38. The van der Waals surface area contributed by atoms with E-state index in [0.29, 0.717) is 16.1 Å². The molecule has 3 aromatic carbocycles. The summed E-state index contributed by atoms with van der Waals surface area (Å²) in [4.78, 5) is 4.61. The molecule has 0 aliphatic rings. The van der Waals surface area contributed by atoms with Crippen LogP contribution in [0.15, 0.2) is 83.3 Å². The summed E-state index contributed by atoms with van der Waals surface area (Å²) in [6.45, 7) is -0.255. The first-order valence-corrected chi connectivity index (χ1v) is 14.4. The van der Waals surface area contributed by atoms with Crippen molar-refractivity contribution in [2.24, 2.45) is 0 Å². The Morgan fingerprint density at radius 3 is 2.42 bits per heavy atom. The average Bonchev–Trinajstić information content (AvgIpc) is 3.50. The van der Waals surface area contributed by atoms with Crippen molar-refractivity contribution in [1.82, 2.24) is 19.9 Å². The summed E-state index contributed by atoms with van der Waals surface area (Å²) < 4.78 is 57.5. The Kier molecular flexibility index (Phi) is 7.03. The highest BCUT2D eigenvalue weighted by molar-refractivity contribution is 7.91. The van der Waals surface area contributed by atoms with Crippen LogP contribution in [0.2, 0.25) is 0 Å². The number of nitrogens with one attached hydrogen (secondary N) is 1. The van der Waals surface area contributed by atoms with Gasteiger partial charge in [-0.2, -0.15) is 0 Å². The van der Waals surface area contributed by atoms with Crippen molar-refractivity contribution in [3.8, 4) is 11.1 Å². The fourth-order valence-corrected chi connectivity index (χ4v) is 7.13. The molecule has 0 amide bonds. The first-order chi connectivity index (χ1) is 17.4. The third kappa shape index (κ3) is 5.42. The summed E-state index contributed by atoms with van der Waals surface area (Å²) in [5.41, 5.74) is 3.28. The normalized spacial score (nSPS) is 13.6. The number of nitrogens with zero attached hydrogens (tertiary/aromatic N) is 3. The van der Waals surface area contributed by atoms with E-state index in [1.165, 1.54) is 11.3 Å². The second-order valence-electron chi connectivity index (χ2n) is 7.86. The zero-order chi connectivity index (χ0) is 25.1. The van der Waals surface area contributed by atoms with Gasteiger partial charge < -0.3 is 8.97 Å². The van der Waals surface area contributed by atoms with E-state index in [1.807, 2.05) is 54.6 Å². The molecule has 184 valence electrons. The SMILES string of the molecule is O=S([O-])NCc1nnc(C(c2nc3ccc(-c4ccccc4)cc3s2)S(=O)(=O)Cc2ccccc2)o1. The quantitative estimate of drug-likeness (QED) is 0.278. The molecule has 0 saturated heterocycles. The molecule has 0 radical (unpaired) electrons. The van der Waals surface area contributed by atoms with Crippen LogP contribution in [-0.4, -0.2) is 32.4 Å². The Balaban J connectivity index is 1.56. The molecule has 5 rings (SSSR count). The Morgan fingerprint density at radius 1 is 0.972 bits per heavy atom. The zero-order valence-corrected chi connectivity index (χ0v) is 21.1. The van der Waals surface area contributed by atoms with Crippen LogP contribution in [0.1, 0.15) is 27.6 Å². The topological polar surface area (TPSA) is 138 Å². The molecule has 2 atom stereocenters. The zero-order valence-electron chi connectivity index (χ0n) is 18.6. The van der Waals surface area contributed by atoms with Gasteiger partial charge in [-0.15, -0.1) is 21.5 Å². The molecule has 0 bridgehead atoms. The lowest BCUT2D eigenvalue weighted by atomic mass is 10.1. The molecule has 2 unspecified atom stereocenters. The first-order valence-electron chi connectivity index (χ1n) is 10.8. The van der Waals surface area contributed by atoms with Gasteiger partial charge in [-0.25, -0.2) is 18.1 Å². The van der Waals surface area contributed by atoms with Crippen LogP contribution in [0.5, 0.6) is 0 Å². The summed E-state index contributed by atoms with van der Waals surface area (Å²) >= 11 is -1.29. The minimum atomic E-state index is -3.90. The van der Waals surface area contributed by atoms with Crippen LogP contribution >= 0.6 is 11.3 Å². The second kappa shape index (κ2) is 10.4. The van der Waals surface area contributed by atoms with E-state index in [9.17, 15) is 17.2 Å². The van der Waals surface area contributed by atoms with E-state index < -0.39 is 26.4 Å². The van der Waals surface area contributed by atoms with E-state index in [-0.39, 0.29) is 24.1 Å². The van der Waals surface area contributed by atoms with Gasteiger partial charge in [0, 0.05) is 11.3 Å². The molecule has 36 heavy (non-hydrogen) atoms. The molecule has 1 N–H and O–H groups in total. The molecule has 0 saturated carbocycles. The minimum absolute atomic E-state index is 0.0541. The molecular weight excluding hydrogens is 520 g/mol. The molecule has 0 spiro atoms. The van der Waals surface area contributed by atoms with E-state index in [0.717, 1.165) is 15.8 Å². The monoisotopic (exact) mass is 539 g/mol. The molecule has 0 fully saturated rings. The Bertz CT molecular complexity index is 1620. The summed E-state index contributed by atoms with van der Waals surface area (Å²) in [5, 5.41) is 6.75. The van der Waals surface area contributed by atoms with E-state index in [1.54, 1.807) is 24.3 Å². The van der Waals surface area contributed by atoms with Gasteiger partial charge in [0.05, 0.1) is 22.5 Å². The highest BCUT2D eigenvalue weighted by Gasteiger charge is 2.37. The molecule has 5 aromatic rings. The van der Waals surface area contributed by atoms with Crippen LogP contribution in [0.25, 0.3) is 21.3 Å². The van der Waals surface area contributed by atoms with Crippen LogP contribution in [0.3, 0.4) is 0 Å². The molecule has 0 aliphatic carbocycles. The van der Waals surface area contributed by atoms with Crippen LogP contribution < -0.4 is 4.72 Å². The first kappa shape index (κ1) is 24.4. The van der Waals surface area contributed by atoms with Gasteiger partial charge in [0.1, 0.15) is 5.01 Å². The number of benzene rings is 3. The van der Waals surface area contributed by atoms with Crippen molar-refractivity contribution in [3.63, 3.8) is 0 Å². The van der Waals surface area contributed by atoms with E-state index in [4.69, 9.17) is 4.42 Å². The van der Waals surface area contributed by atoms with E-state index >= 15 is 0 Å². The van der Waals surface area contributed by atoms with Crippen LogP contribution in [0.4, 0.5) is 0 Å². The Labute approximate surface area is 213 Å². The van der Waals surface area contributed by atoms with Crippen molar-refractivity contribution in [2.45, 2.75) is 17.5 Å². The van der Waals surface area contributed by atoms with Gasteiger partial charge in [0.2, 0.25) is 11.8 Å². The van der Waals surface area contributed by atoms with Crippen molar-refractivity contribution < 1.29 is 21.6 Å². The fraction of sp³-hybridized carbons (Fsp3) is 0.125.